The second-order valence-electron chi connectivity index (χ2n) is 3.66. The monoisotopic (exact) mass is 325 g/mol. The van der Waals surface area contributed by atoms with Crippen molar-refractivity contribution in [2.75, 3.05) is 5.32 Å². The predicted octanol–water partition coefficient (Wildman–Crippen LogP) is 3.45. The summed E-state index contributed by atoms with van der Waals surface area (Å²) < 4.78 is 0.723. The first-order valence-corrected chi connectivity index (χ1v) is 6.28. The summed E-state index contributed by atoms with van der Waals surface area (Å²) in [6.45, 7) is 1.92. The van der Waals surface area contributed by atoms with E-state index in [0.29, 0.717) is 11.4 Å². The van der Waals surface area contributed by atoms with Crippen molar-refractivity contribution in [3.63, 3.8) is 0 Å². The molecule has 0 spiro atoms. The van der Waals surface area contributed by atoms with E-state index in [2.05, 4.69) is 31.2 Å². The summed E-state index contributed by atoms with van der Waals surface area (Å²) in [7, 11) is 0. The lowest BCUT2D eigenvalue weighted by Gasteiger charge is -2.06. The SMILES string of the molecule is Cc1ccc(Br)c(C(=O)Nc2cncc(Cl)n2)c1. The standard InChI is InChI=1S/C12H9BrClN3O/c1-7-2-3-9(13)8(4-7)12(18)17-11-6-15-5-10(14)16-11/h2-6H,1H3,(H,16,17,18). The van der Waals surface area contributed by atoms with Crippen LogP contribution in [-0.4, -0.2) is 15.9 Å². The summed E-state index contributed by atoms with van der Waals surface area (Å²) in [6, 6.07) is 5.53. The average Bonchev–Trinajstić information content (AvgIpc) is 2.32. The highest BCUT2D eigenvalue weighted by molar-refractivity contribution is 9.10. The van der Waals surface area contributed by atoms with E-state index < -0.39 is 0 Å². The summed E-state index contributed by atoms with van der Waals surface area (Å²) in [6.07, 6.45) is 2.84. The molecule has 0 aliphatic carbocycles. The third kappa shape index (κ3) is 3.05. The molecule has 2 aromatic rings. The largest absolute Gasteiger partial charge is 0.305 e. The van der Waals surface area contributed by atoms with E-state index in [9.17, 15) is 4.79 Å². The Morgan fingerprint density at radius 1 is 1.39 bits per heavy atom. The van der Waals surface area contributed by atoms with E-state index in [4.69, 9.17) is 11.6 Å². The lowest BCUT2D eigenvalue weighted by Crippen LogP contribution is -2.14. The molecule has 4 nitrogen and oxygen atoms in total. The number of aromatic nitrogens is 2. The molecule has 1 heterocycles. The van der Waals surface area contributed by atoms with Crippen LogP contribution in [0.1, 0.15) is 15.9 Å². The quantitative estimate of drug-likeness (QED) is 0.919. The Hall–Kier alpha value is -1.46. The summed E-state index contributed by atoms with van der Waals surface area (Å²) in [4.78, 5) is 19.8. The van der Waals surface area contributed by atoms with Crippen molar-refractivity contribution >= 4 is 39.3 Å². The fourth-order valence-electron chi connectivity index (χ4n) is 1.40. The number of anilines is 1. The number of carbonyl (C=O) groups excluding carboxylic acids is 1. The number of hydrogen-bond acceptors (Lipinski definition) is 3. The maximum atomic E-state index is 12.0. The Kier molecular flexibility index (Phi) is 3.93. The van der Waals surface area contributed by atoms with E-state index in [1.54, 1.807) is 6.07 Å². The third-order valence-corrected chi connectivity index (χ3v) is 3.09. The minimum absolute atomic E-state index is 0.233. The van der Waals surface area contributed by atoms with Crippen molar-refractivity contribution in [1.29, 1.82) is 0 Å². The van der Waals surface area contributed by atoms with Gasteiger partial charge in [0.25, 0.3) is 5.91 Å². The number of amides is 1. The van der Waals surface area contributed by atoms with Gasteiger partial charge in [-0.2, -0.15) is 0 Å². The molecule has 0 atom stereocenters. The molecule has 0 aliphatic rings. The van der Waals surface area contributed by atoms with E-state index >= 15 is 0 Å². The van der Waals surface area contributed by atoms with Crippen LogP contribution in [0.15, 0.2) is 35.1 Å². The van der Waals surface area contributed by atoms with Crippen molar-refractivity contribution < 1.29 is 4.79 Å². The average molecular weight is 327 g/mol. The van der Waals surface area contributed by atoms with Gasteiger partial charge in [-0.1, -0.05) is 23.2 Å². The van der Waals surface area contributed by atoms with Gasteiger partial charge in [0.05, 0.1) is 18.0 Å². The van der Waals surface area contributed by atoms with E-state index in [0.717, 1.165) is 10.0 Å². The first-order valence-electron chi connectivity index (χ1n) is 5.11. The first kappa shape index (κ1) is 13.0. The lowest BCUT2D eigenvalue weighted by atomic mass is 10.1. The maximum Gasteiger partial charge on any atom is 0.258 e. The molecule has 18 heavy (non-hydrogen) atoms. The highest BCUT2D eigenvalue weighted by Crippen LogP contribution is 2.19. The molecule has 0 bridgehead atoms. The van der Waals surface area contributed by atoms with Gasteiger partial charge in [0.1, 0.15) is 5.15 Å². The molecule has 1 aromatic carbocycles. The Morgan fingerprint density at radius 2 is 2.17 bits per heavy atom. The fraction of sp³-hybridized carbons (Fsp3) is 0.0833. The zero-order valence-electron chi connectivity index (χ0n) is 9.45. The summed E-state index contributed by atoms with van der Waals surface area (Å²) >= 11 is 9.03. The lowest BCUT2D eigenvalue weighted by molar-refractivity contribution is 0.102. The molecular formula is C12H9BrClN3O. The maximum absolute atomic E-state index is 12.0. The molecule has 0 saturated carbocycles. The zero-order chi connectivity index (χ0) is 13.1. The van der Waals surface area contributed by atoms with Gasteiger partial charge in [-0.3, -0.25) is 9.78 Å². The Morgan fingerprint density at radius 3 is 2.89 bits per heavy atom. The molecule has 0 unspecified atom stereocenters. The van der Waals surface area contributed by atoms with Crippen LogP contribution in [0.5, 0.6) is 0 Å². The van der Waals surface area contributed by atoms with Crippen LogP contribution in [0.3, 0.4) is 0 Å². The summed E-state index contributed by atoms with van der Waals surface area (Å²) in [5, 5.41) is 2.87. The third-order valence-electron chi connectivity index (χ3n) is 2.21. The van der Waals surface area contributed by atoms with Gasteiger partial charge in [-0.25, -0.2) is 4.98 Å². The van der Waals surface area contributed by atoms with Crippen LogP contribution in [0, 0.1) is 6.92 Å². The van der Waals surface area contributed by atoms with Crippen molar-refractivity contribution in [1.82, 2.24) is 9.97 Å². The molecule has 0 aliphatic heterocycles. The number of rotatable bonds is 2. The van der Waals surface area contributed by atoms with Crippen LogP contribution in [0.25, 0.3) is 0 Å². The number of halogens is 2. The molecule has 1 N–H and O–H groups in total. The van der Waals surface area contributed by atoms with Crippen molar-refractivity contribution in [3.8, 4) is 0 Å². The van der Waals surface area contributed by atoms with Gasteiger partial charge in [0.2, 0.25) is 0 Å². The van der Waals surface area contributed by atoms with Gasteiger partial charge >= 0.3 is 0 Å². The number of nitrogens with one attached hydrogen (secondary N) is 1. The second kappa shape index (κ2) is 5.46. The summed E-state index contributed by atoms with van der Waals surface area (Å²) in [5.74, 6) is 0.0584. The van der Waals surface area contributed by atoms with Gasteiger partial charge in [-0.15, -0.1) is 0 Å². The minimum Gasteiger partial charge on any atom is -0.305 e. The van der Waals surface area contributed by atoms with Crippen LogP contribution in [0.2, 0.25) is 5.15 Å². The number of aryl methyl sites for hydroxylation is 1. The molecule has 1 aromatic heterocycles. The van der Waals surface area contributed by atoms with Crippen LogP contribution >= 0.6 is 27.5 Å². The molecule has 6 heteroatoms. The molecule has 0 saturated heterocycles. The Labute approximate surface area is 118 Å². The summed E-state index contributed by atoms with van der Waals surface area (Å²) in [5.41, 5.74) is 1.54. The van der Waals surface area contributed by atoms with E-state index in [-0.39, 0.29) is 11.1 Å². The zero-order valence-corrected chi connectivity index (χ0v) is 11.8. The Balaban J connectivity index is 2.24. The highest BCUT2D eigenvalue weighted by atomic mass is 79.9. The van der Waals surface area contributed by atoms with Crippen molar-refractivity contribution in [2.45, 2.75) is 6.92 Å². The van der Waals surface area contributed by atoms with Gasteiger partial charge in [0.15, 0.2) is 5.82 Å². The highest BCUT2D eigenvalue weighted by Gasteiger charge is 2.11. The minimum atomic E-state index is -0.262. The van der Waals surface area contributed by atoms with Gasteiger partial charge in [0, 0.05) is 4.47 Å². The van der Waals surface area contributed by atoms with Gasteiger partial charge < -0.3 is 5.32 Å². The molecule has 0 fully saturated rings. The molecular weight excluding hydrogens is 318 g/mol. The number of nitrogens with zero attached hydrogens (tertiary/aromatic N) is 2. The number of benzene rings is 1. The molecule has 0 radical (unpaired) electrons. The number of carbonyl (C=O) groups is 1. The fourth-order valence-corrected chi connectivity index (χ4v) is 1.97. The smallest absolute Gasteiger partial charge is 0.258 e. The Bertz CT molecular complexity index is 604. The molecule has 92 valence electrons. The van der Waals surface area contributed by atoms with Gasteiger partial charge in [-0.05, 0) is 35.0 Å². The van der Waals surface area contributed by atoms with Crippen LogP contribution < -0.4 is 5.32 Å². The molecule has 1 amide bonds. The van der Waals surface area contributed by atoms with Crippen LogP contribution in [-0.2, 0) is 0 Å². The first-order chi connectivity index (χ1) is 8.56. The predicted molar refractivity (Wildman–Crippen MR) is 73.9 cm³/mol. The normalized spacial score (nSPS) is 10.2. The van der Waals surface area contributed by atoms with Crippen molar-refractivity contribution in [3.05, 3.63) is 51.3 Å². The van der Waals surface area contributed by atoms with E-state index in [1.165, 1.54) is 12.4 Å². The topological polar surface area (TPSA) is 54.9 Å². The van der Waals surface area contributed by atoms with Crippen molar-refractivity contribution in [2.24, 2.45) is 0 Å². The van der Waals surface area contributed by atoms with E-state index in [1.807, 2.05) is 19.1 Å². The molecule has 2 rings (SSSR count). The second-order valence-corrected chi connectivity index (χ2v) is 4.91. The van der Waals surface area contributed by atoms with Crippen LogP contribution in [0.4, 0.5) is 5.82 Å². The number of hydrogen-bond donors (Lipinski definition) is 1.